The number of hydrogen-bond acceptors (Lipinski definition) is 2. The maximum absolute atomic E-state index is 4.66. The lowest BCUT2D eigenvalue weighted by atomic mass is 10.0. The summed E-state index contributed by atoms with van der Waals surface area (Å²) in [6.45, 7) is 12.4. The van der Waals surface area contributed by atoms with E-state index in [1.54, 1.807) is 0 Å². The zero-order valence-corrected chi connectivity index (χ0v) is 17.6. The van der Waals surface area contributed by atoms with Crippen molar-refractivity contribution >= 4 is 29.9 Å². The van der Waals surface area contributed by atoms with E-state index >= 15 is 0 Å². The number of guanidine groups is 1. The molecule has 0 aliphatic rings. The first-order valence-corrected chi connectivity index (χ1v) is 8.48. The highest BCUT2D eigenvalue weighted by Crippen LogP contribution is 2.08. The van der Waals surface area contributed by atoms with Crippen molar-refractivity contribution in [3.05, 3.63) is 29.6 Å². The van der Waals surface area contributed by atoms with Crippen LogP contribution in [0.4, 0.5) is 0 Å². The molecule has 0 amide bonds. The number of nitrogens with zero attached hydrogens (tertiary/aromatic N) is 2. The minimum absolute atomic E-state index is 0. The Morgan fingerprint density at radius 1 is 1.26 bits per heavy atom. The summed E-state index contributed by atoms with van der Waals surface area (Å²) >= 11 is 0. The molecule has 23 heavy (non-hydrogen) atoms. The SMILES string of the molecule is CCNC(=NCc1ncccc1C)NC(C)CCCC(C)C.I. The highest BCUT2D eigenvalue weighted by atomic mass is 127. The van der Waals surface area contributed by atoms with Crippen LogP contribution in [-0.4, -0.2) is 23.5 Å². The number of pyridine rings is 1. The van der Waals surface area contributed by atoms with Crippen molar-refractivity contribution in [3.8, 4) is 0 Å². The average Bonchev–Trinajstić information content (AvgIpc) is 2.46. The fourth-order valence-electron chi connectivity index (χ4n) is 2.30. The van der Waals surface area contributed by atoms with Crippen LogP contribution >= 0.6 is 24.0 Å². The van der Waals surface area contributed by atoms with Crippen molar-refractivity contribution in [3.63, 3.8) is 0 Å². The predicted molar refractivity (Wildman–Crippen MR) is 110 cm³/mol. The Bertz CT molecular complexity index is 460. The summed E-state index contributed by atoms with van der Waals surface area (Å²) in [5, 5.41) is 6.81. The molecule has 0 aliphatic heterocycles. The van der Waals surface area contributed by atoms with Crippen LogP contribution < -0.4 is 10.6 Å². The second kappa shape index (κ2) is 12.6. The quantitative estimate of drug-likeness (QED) is 0.366. The van der Waals surface area contributed by atoms with Crippen LogP contribution in [0.5, 0.6) is 0 Å². The molecule has 4 nitrogen and oxygen atoms in total. The van der Waals surface area contributed by atoms with Crippen molar-refractivity contribution < 1.29 is 0 Å². The molecule has 1 rings (SSSR count). The maximum Gasteiger partial charge on any atom is 0.191 e. The van der Waals surface area contributed by atoms with E-state index in [0.29, 0.717) is 12.6 Å². The van der Waals surface area contributed by atoms with Gasteiger partial charge in [0.15, 0.2) is 5.96 Å². The van der Waals surface area contributed by atoms with Crippen LogP contribution in [0.15, 0.2) is 23.3 Å². The third-order valence-corrected chi connectivity index (χ3v) is 3.65. The number of aryl methyl sites for hydroxylation is 1. The van der Waals surface area contributed by atoms with E-state index in [4.69, 9.17) is 0 Å². The van der Waals surface area contributed by atoms with E-state index in [0.717, 1.165) is 24.1 Å². The van der Waals surface area contributed by atoms with Gasteiger partial charge in [0.2, 0.25) is 0 Å². The molecular weight excluding hydrogens is 399 g/mol. The Balaban J connectivity index is 0.00000484. The van der Waals surface area contributed by atoms with Crippen molar-refractivity contribution in [1.82, 2.24) is 15.6 Å². The van der Waals surface area contributed by atoms with Gasteiger partial charge in [-0.25, -0.2) is 4.99 Å². The summed E-state index contributed by atoms with van der Waals surface area (Å²) in [5.41, 5.74) is 2.22. The number of rotatable bonds is 8. The molecule has 0 radical (unpaired) electrons. The third-order valence-electron chi connectivity index (χ3n) is 3.65. The summed E-state index contributed by atoms with van der Waals surface area (Å²) in [6.07, 6.45) is 5.54. The van der Waals surface area contributed by atoms with Crippen LogP contribution in [0, 0.1) is 12.8 Å². The van der Waals surface area contributed by atoms with Crippen LogP contribution in [0.25, 0.3) is 0 Å². The molecule has 0 spiro atoms. The number of halogens is 1. The topological polar surface area (TPSA) is 49.3 Å². The minimum atomic E-state index is 0. The Kier molecular flexibility index (Phi) is 12.1. The van der Waals surface area contributed by atoms with Gasteiger partial charge in [0.05, 0.1) is 12.2 Å². The molecule has 132 valence electrons. The molecule has 0 aromatic carbocycles. The first kappa shape index (κ1) is 22.1. The second-order valence-corrected chi connectivity index (χ2v) is 6.33. The van der Waals surface area contributed by atoms with Gasteiger partial charge in [0, 0.05) is 18.8 Å². The van der Waals surface area contributed by atoms with Crippen molar-refractivity contribution in [2.45, 2.75) is 66.5 Å². The minimum Gasteiger partial charge on any atom is -0.357 e. The average molecular weight is 432 g/mol. The van der Waals surface area contributed by atoms with Gasteiger partial charge in [-0.1, -0.05) is 32.8 Å². The molecule has 0 aliphatic carbocycles. The molecule has 0 saturated carbocycles. The largest absolute Gasteiger partial charge is 0.357 e. The first-order valence-electron chi connectivity index (χ1n) is 8.48. The number of hydrogen-bond donors (Lipinski definition) is 2. The molecule has 1 heterocycles. The normalized spacial score (nSPS) is 12.7. The molecule has 1 atom stereocenters. The molecular formula is C18H33IN4. The van der Waals surface area contributed by atoms with E-state index < -0.39 is 0 Å². The fraction of sp³-hybridized carbons (Fsp3) is 0.667. The molecule has 2 N–H and O–H groups in total. The molecule has 0 saturated heterocycles. The second-order valence-electron chi connectivity index (χ2n) is 6.33. The monoisotopic (exact) mass is 432 g/mol. The summed E-state index contributed by atoms with van der Waals surface area (Å²) < 4.78 is 0. The van der Waals surface area contributed by atoms with Gasteiger partial charge in [0.25, 0.3) is 0 Å². The van der Waals surface area contributed by atoms with E-state index in [2.05, 4.69) is 61.3 Å². The van der Waals surface area contributed by atoms with E-state index in [1.807, 2.05) is 12.3 Å². The van der Waals surface area contributed by atoms with Crippen LogP contribution in [0.1, 0.15) is 58.2 Å². The molecule has 1 aromatic rings. The standard InChI is InChI=1S/C18H32N4.HI/c1-6-19-18(22-16(5)11-7-9-14(2)3)21-13-17-15(4)10-8-12-20-17;/h8,10,12,14,16H,6-7,9,11,13H2,1-5H3,(H2,19,21,22);1H. The highest BCUT2D eigenvalue weighted by molar-refractivity contribution is 14.0. The smallest absolute Gasteiger partial charge is 0.191 e. The lowest BCUT2D eigenvalue weighted by Gasteiger charge is -2.18. The van der Waals surface area contributed by atoms with Gasteiger partial charge < -0.3 is 10.6 Å². The van der Waals surface area contributed by atoms with Gasteiger partial charge >= 0.3 is 0 Å². The van der Waals surface area contributed by atoms with Gasteiger partial charge in [0.1, 0.15) is 0 Å². The third kappa shape index (κ3) is 9.79. The predicted octanol–water partition coefficient (Wildman–Crippen LogP) is 4.28. The van der Waals surface area contributed by atoms with E-state index in [1.165, 1.54) is 24.8 Å². The number of aromatic nitrogens is 1. The van der Waals surface area contributed by atoms with Crippen molar-refractivity contribution in [2.75, 3.05) is 6.54 Å². The van der Waals surface area contributed by atoms with Gasteiger partial charge in [-0.2, -0.15) is 0 Å². The van der Waals surface area contributed by atoms with Crippen LogP contribution in [-0.2, 0) is 6.54 Å². The van der Waals surface area contributed by atoms with Crippen LogP contribution in [0.3, 0.4) is 0 Å². The highest BCUT2D eigenvalue weighted by Gasteiger charge is 2.06. The molecule has 0 bridgehead atoms. The summed E-state index contributed by atoms with van der Waals surface area (Å²) in [6, 6.07) is 4.47. The van der Waals surface area contributed by atoms with Gasteiger partial charge in [-0.05, 0) is 44.7 Å². The molecule has 1 unspecified atom stereocenters. The molecule has 5 heteroatoms. The van der Waals surface area contributed by atoms with Crippen molar-refractivity contribution in [1.29, 1.82) is 0 Å². The Labute approximate surface area is 159 Å². The lowest BCUT2D eigenvalue weighted by Crippen LogP contribution is -2.42. The zero-order valence-electron chi connectivity index (χ0n) is 15.2. The zero-order chi connectivity index (χ0) is 16.4. The van der Waals surface area contributed by atoms with E-state index in [-0.39, 0.29) is 24.0 Å². The fourth-order valence-corrected chi connectivity index (χ4v) is 2.30. The van der Waals surface area contributed by atoms with Crippen molar-refractivity contribution in [2.24, 2.45) is 10.9 Å². The summed E-state index contributed by atoms with van der Waals surface area (Å²) in [7, 11) is 0. The number of aliphatic imine (C=N–C) groups is 1. The Morgan fingerprint density at radius 3 is 2.61 bits per heavy atom. The lowest BCUT2D eigenvalue weighted by molar-refractivity contribution is 0.491. The van der Waals surface area contributed by atoms with Crippen LogP contribution in [0.2, 0.25) is 0 Å². The summed E-state index contributed by atoms with van der Waals surface area (Å²) in [5.74, 6) is 1.66. The Morgan fingerprint density at radius 2 is 2.00 bits per heavy atom. The Hall–Kier alpha value is -0.850. The molecule has 1 aromatic heterocycles. The summed E-state index contributed by atoms with van der Waals surface area (Å²) in [4.78, 5) is 9.06. The molecule has 0 fully saturated rings. The maximum atomic E-state index is 4.66. The number of nitrogens with one attached hydrogen (secondary N) is 2. The van der Waals surface area contributed by atoms with Gasteiger partial charge in [-0.3, -0.25) is 4.98 Å². The van der Waals surface area contributed by atoms with E-state index in [9.17, 15) is 0 Å². The van der Waals surface area contributed by atoms with Gasteiger partial charge in [-0.15, -0.1) is 24.0 Å². The first-order chi connectivity index (χ1) is 10.5.